The molecule has 0 aliphatic heterocycles. The van der Waals surface area contributed by atoms with Crippen molar-refractivity contribution >= 4 is 28.3 Å². The number of nitrogens with one attached hydrogen (secondary N) is 1. The van der Waals surface area contributed by atoms with Crippen molar-refractivity contribution in [3.05, 3.63) is 34.3 Å². The normalized spacial score (nSPS) is 11.9. The minimum absolute atomic E-state index is 0.0486. The van der Waals surface area contributed by atoms with E-state index in [9.17, 15) is 13.2 Å². The summed E-state index contributed by atoms with van der Waals surface area (Å²) in [5, 5.41) is 3.17. The summed E-state index contributed by atoms with van der Waals surface area (Å²) >= 11 is 5.98. The van der Waals surface area contributed by atoms with Crippen LogP contribution in [0.1, 0.15) is 24.5 Å². The molecule has 0 saturated heterocycles. The quantitative estimate of drug-likeness (QED) is 0.872. The van der Waals surface area contributed by atoms with Gasteiger partial charge in [-0.2, -0.15) is 13.2 Å². The molecule has 1 aromatic carbocycles. The molecule has 0 radical (unpaired) electrons. The fourth-order valence-electron chi connectivity index (χ4n) is 2.19. The standard InChI is InChI=1S/C14H14ClF3N2/c1-3-4-8-7-9-10(14(16,17)18)5-6-11(15)12(9)20-13(8)19-2/h5-7H,3-4H2,1-2H3,(H,19,20). The molecular formula is C14H14ClF3N2. The first-order chi connectivity index (χ1) is 9.38. The lowest BCUT2D eigenvalue weighted by Crippen LogP contribution is -2.08. The van der Waals surface area contributed by atoms with Crippen LogP contribution in [0.15, 0.2) is 18.2 Å². The van der Waals surface area contributed by atoms with Crippen LogP contribution in [0.5, 0.6) is 0 Å². The minimum atomic E-state index is -4.42. The zero-order valence-electron chi connectivity index (χ0n) is 11.1. The van der Waals surface area contributed by atoms with Crippen molar-refractivity contribution in [1.29, 1.82) is 0 Å². The van der Waals surface area contributed by atoms with Crippen molar-refractivity contribution in [3.63, 3.8) is 0 Å². The van der Waals surface area contributed by atoms with Crippen LogP contribution in [-0.4, -0.2) is 12.0 Å². The topological polar surface area (TPSA) is 24.9 Å². The Morgan fingerprint density at radius 3 is 2.55 bits per heavy atom. The molecular weight excluding hydrogens is 289 g/mol. The number of benzene rings is 1. The highest BCUT2D eigenvalue weighted by Gasteiger charge is 2.33. The van der Waals surface area contributed by atoms with Crippen LogP contribution >= 0.6 is 11.6 Å². The molecule has 1 heterocycles. The molecule has 0 aliphatic rings. The van der Waals surface area contributed by atoms with Gasteiger partial charge in [-0.3, -0.25) is 0 Å². The van der Waals surface area contributed by atoms with E-state index in [-0.39, 0.29) is 15.9 Å². The molecule has 108 valence electrons. The molecule has 0 unspecified atom stereocenters. The van der Waals surface area contributed by atoms with Crippen molar-refractivity contribution in [3.8, 4) is 0 Å². The highest BCUT2D eigenvalue weighted by Crippen LogP contribution is 2.38. The molecule has 0 amide bonds. The number of aryl methyl sites for hydroxylation is 1. The Kier molecular flexibility index (Phi) is 4.09. The van der Waals surface area contributed by atoms with Gasteiger partial charge in [0, 0.05) is 12.4 Å². The highest BCUT2D eigenvalue weighted by atomic mass is 35.5. The molecule has 2 nitrogen and oxygen atoms in total. The summed E-state index contributed by atoms with van der Waals surface area (Å²) in [6.07, 6.45) is -2.94. The molecule has 0 fully saturated rings. The van der Waals surface area contributed by atoms with E-state index in [1.807, 2.05) is 6.92 Å². The summed E-state index contributed by atoms with van der Waals surface area (Å²) in [6.45, 7) is 1.96. The van der Waals surface area contributed by atoms with Gasteiger partial charge in [0.1, 0.15) is 5.82 Å². The first kappa shape index (κ1) is 14.9. The number of aromatic nitrogens is 1. The lowest BCUT2D eigenvalue weighted by atomic mass is 10.0. The number of pyridine rings is 1. The Morgan fingerprint density at radius 2 is 2.00 bits per heavy atom. The van der Waals surface area contributed by atoms with Crippen LogP contribution in [0.2, 0.25) is 5.02 Å². The van der Waals surface area contributed by atoms with E-state index in [0.29, 0.717) is 12.2 Å². The maximum absolute atomic E-state index is 13.1. The molecule has 1 N–H and O–H groups in total. The molecule has 2 rings (SSSR count). The molecule has 0 atom stereocenters. The van der Waals surface area contributed by atoms with Crippen molar-refractivity contribution < 1.29 is 13.2 Å². The number of hydrogen-bond acceptors (Lipinski definition) is 2. The minimum Gasteiger partial charge on any atom is -0.373 e. The molecule has 0 saturated carbocycles. The van der Waals surface area contributed by atoms with Crippen molar-refractivity contribution in [2.24, 2.45) is 0 Å². The number of fused-ring (bicyclic) bond motifs is 1. The van der Waals surface area contributed by atoms with Crippen LogP contribution in [0.4, 0.5) is 19.0 Å². The summed E-state index contributed by atoms with van der Waals surface area (Å²) in [6, 6.07) is 3.77. The van der Waals surface area contributed by atoms with E-state index in [2.05, 4.69) is 10.3 Å². The lowest BCUT2D eigenvalue weighted by Gasteiger charge is -2.14. The molecule has 0 aliphatic carbocycles. The second kappa shape index (κ2) is 5.48. The number of anilines is 1. The van der Waals surface area contributed by atoms with Gasteiger partial charge >= 0.3 is 6.18 Å². The summed E-state index contributed by atoms with van der Waals surface area (Å²) in [5.41, 5.74) is 0.227. The summed E-state index contributed by atoms with van der Waals surface area (Å²) < 4.78 is 39.2. The zero-order chi connectivity index (χ0) is 14.9. The van der Waals surface area contributed by atoms with Crippen LogP contribution in [-0.2, 0) is 12.6 Å². The predicted molar refractivity (Wildman–Crippen MR) is 75.3 cm³/mol. The maximum Gasteiger partial charge on any atom is 0.417 e. The predicted octanol–water partition coefficient (Wildman–Crippen LogP) is 4.90. The summed E-state index contributed by atoms with van der Waals surface area (Å²) in [5.74, 6) is 0.570. The third-order valence-electron chi connectivity index (χ3n) is 3.08. The van der Waals surface area contributed by atoms with E-state index >= 15 is 0 Å². The Balaban J connectivity index is 2.80. The van der Waals surface area contributed by atoms with E-state index in [1.54, 1.807) is 7.05 Å². The number of halogens is 4. The molecule has 20 heavy (non-hydrogen) atoms. The maximum atomic E-state index is 13.1. The Morgan fingerprint density at radius 1 is 1.30 bits per heavy atom. The Labute approximate surface area is 120 Å². The Bertz CT molecular complexity index is 638. The van der Waals surface area contributed by atoms with Gasteiger partial charge in [0.15, 0.2) is 0 Å². The summed E-state index contributed by atoms with van der Waals surface area (Å²) in [4.78, 5) is 4.24. The van der Waals surface area contributed by atoms with Crippen LogP contribution in [0.3, 0.4) is 0 Å². The fraction of sp³-hybridized carbons (Fsp3) is 0.357. The monoisotopic (exact) mass is 302 g/mol. The SMILES string of the molecule is CCCc1cc2c(C(F)(F)F)ccc(Cl)c2nc1NC. The van der Waals surface area contributed by atoms with E-state index < -0.39 is 11.7 Å². The number of hydrogen-bond donors (Lipinski definition) is 1. The smallest absolute Gasteiger partial charge is 0.373 e. The van der Waals surface area contributed by atoms with Gasteiger partial charge in [-0.15, -0.1) is 0 Å². The third kappa shape index (κ3) is 2.68. The lowest BCUT2D eigenvalue weighted by molar-refractivity contribution is -0.136. The van der Waals surface area contributed by atoms with Crippen LogP contribution < -0.4 is 5.32 Å². The molecule has 2 aromatic rings. The molecule has 0 bridgehead atoms. The molecule has 6 heteroatoms. The van der Waals surface area contributed by atoms with Gasteiger partial charge in [-0.1, -0.05) is 24.9 Å². The van der Waals surface area contributed by atoms with E-state index in [0.717, 1.165) is 18.1 Å². The second-order valence-corrected chi connectivity index (χ2v) is 4.89. The van der Waals surface area contributed by atoms with Crippen molar-refractivity contribution in [1.82, 2.24) is 4.98 Å². The van der Waals surface area contributed by atoms with E-state index in [4.69, 9.17) is 11.6 Å². The van der Waals surface area contributed by atoms with Gasteiger partial charge in [0.25, 0.3) is 0 Å². The zero-order valence-corrected chi connectivity index (χ0v) is 11.9. The van der Waals surface area contributed by atoms with E-state index in [1.165, 1.54) is 12.1 Å². The fourth-order valence-corrected chi connectivity index (χ4v) is 2.40. The largest absolute Gasteiger partial charge is 0.417 e. The van der Waals surface area contributed by atoms with Gasteiger partial charge in [-0.25, -0.2) is 4.98 Å². The summed E-state index contributed by atoms with van der Waals surface area (Å²) in [7, 11) is 1.69. The van der Waals surface area contributed by atoms with Gasteiger partial charge in [-0.05, 0) is 30.2 Å². The Hall–Kier alpha value is -1.49. The molecule has 0 spiro atoms. The van der Waals surface area contributed by atoms with Crippen LogP contribution in [0, 0.1) is 0 Å². The first-order valence-corrected chi connectivity index (χ1v) is 6.63. The van der Waals surface area contributed by atoms with Gasteiger partial charge < -0.3 is 5.32 Å². The second-order valence-electron chi connectivity index (χ2n) is 4.48. The number of rotatable bonds is 3. The highest BCUT2D eigenvalue weighted by molar-refractivity contribution is 6.35. The van der Waals surface area contributed by atoms with Crippen LogP contribution in [0.25, 0.3) is 10.9 Å². The first-order valence-electron chi connectivity index (χ1n) is 6.25. The average Bonchev–Trinajstić information content (AvgIpc) is 2.37. The average molecular weight is 303 g/mol. The third-order valence-corrected chi connectivity index (χ3v) is 3.38. The van der Waals surface area contributed by atoms with Crippen molar-refractivity contribution in [2.45, 2.75) is 25.9 Å². The number of alkyl halides is 3. The molecule has 1 aromatic heterocycles. The van der Waals surface area contributed by atoms with Gasteiger partial charge in [0.05, 0.1) is 16.1 Å². The van der Waals surface area contributed by atoms with Gasteiger partial charge in [0.2, 0.25) is 0 Å². The number of nitrogens with zero attached hydrogens (tertiary/aromatic N) is 1. The van der Waals surface area contributed by atoms with Crippen molar-refractivity contribution in [2.75, 3.05) is 12.4 Å².